The zero-order valence-electron chi connectivity index (χ0n) is 19.0. The molecule has 172 valence electrons. The molecule has 0 unspecified atom stereocenters. The first-order valence-electron chi connectivity index (χ1n) is 10.6. The molecule has 0 saturated carbocycles. The number of nitrogens with one attached hydrogen (secondary N) is 2. The van der Waals surface area contributed by atoms with Crippen molar-refractivity contribution in [2.75, 3.05) is 12.4 Å². The SMILES string of the molecule is COc1cc([C@@H]2C(C(=O)Nc3ccc(Br)cn3)=C(C)NC3=C2C(=O)CC(C)(C)C3)ccc1O. The molecule has 1 atom stereocenters. The molecule has 1 amide bonds. The number of pyridine rings is 1. The third kappa shape index (κ3) is 4.53. The Morgan fingerprint density at radius 3 is 2.70 bits per heavy atom. The molecule has 0 bridgehead atoms. The number of amides is 1. The average molecular weight is 512 g/mol. The summed E-state index contributed by atoms with van der Waals surface area (Å²) < 4.78 is 6.10. The molecule has 2 aromatic rings. The van der Waals surface area contributed by atoms with Crippen LogP contribution < -0.4 is 15.4 Å². The number of nitrogens with zero attached hydrogens (tertiary/aromatic N) is 1. The second kappa shape index (κ2) is 8.67. The van der Waals surface area contributed by atoms with Crippen LogP contribution in [0.2, 0.25) is 0 Å². The molecule has 0 fully saturated rings. The number of ether oxygens (including phenoxy) is 1. The van der Waals surface area contributed by atoms with E-state index in [1.165, 1.54) is 13.2 Å². The summed E-state index contributed by atoms with van der Waals surface area (Å²) in [5.74, 6) is -0.271. The zero-order chi connectivity index (χ0) is 23.9. The maximum absolute atomic E-state index is 13.5. The van der Waals surface area contributed by atoms with Crippen molar-refractivity contribution >= 4 is 33.4 Å². The van der Waals surface area contributed by atoms with Gasteiger partial charge in [-0.1, -0.05) is 19.9 Å². The number of phenols is 1. The van der Waals surface area contributed by atoms with Crippen LogP contribution in [0.4, 0.5) is 5.82 Å². The molecule has 1 aromatic heterocycles. The quantitative estimate of drug-likeness (QED) is 0.544. The predicted molar refractivity (Wildman–Crippen MR) is 129 cm³/mol. The van der Waals surface area contributed by atoms with E-state index in [-0.39, 0.29) is 28.6 Å². The van der Waals surface area contributed by atoms with E-state index >= 15 is 0 Å². The molecule has 33 heavy (non-hydrogen) atoms. The predicted octanol–water partition coefficient (Wildman–Crippen LogP) is 4.80. The third-order valence-electron chi connectivity index (χ3n) is 5.99. The first-order chi connectivity index (χ1) is 15.6. The van der Waals surface area contributed by atoms with Gasteiger partial charge < -0.3 is 20.5 Å². The lowest BCUT2D eigenvalue weighted by atomic mass is 9.68. The smallest absolute Gasteiger partial charge is 0.255 e. The molecule has 8 heteroatoms. The fourth-order valence-corrected chi connectivity index (χ4v) is 4.81. The number of aromatic hydroxyl groups is 1. The maximum atomic E-state index is 13.5. The summed E-state index contributed by atoms with van der Waals surface area (Å²) in [4.78, 5) is 31.1. The lowest BCUT2D eigenvalue weighted by Crippen LogP contribution is -2.39. The molecule has 7 nitrogen and oxygen atoms in total. The second-order valence-corrected chi connectivity index (χ2v) is 10.1. The number of phenolic OH excluding ortho intramolecular Hbond substituents is 1. The Hall–Kier alpha value is -3.13. The molecule has 3 N–H and O–H groups in total. The van der Waals surface area contributed by atoms with Crippen molar-refractivity contribution in [1.29, 1.82) is 0 Å². The van der Waals surface area contributed by atoms with Crippen LogP contribution >= 0.6 is 15.9 Å². The van der Waals surface area contributed by atoms with Crippen molar-refractivity contribution < 1.29 is 19.4 Å². The van der Waals surface area contributed by atoms with E-state index < -0.39 is 5.92 Å². The second-order valence-electron chi connectivity index (χ2n) is 9.18. The molecule has 2 heterocycles. The largest absolute Gasteiger partial charge is 0.504 e. The Bertz CT molecular complexity index is 1200. The highest BCUT2D eigenvalue weighted by atomic mass is 79.9. The highest BCUT2D eigenvalue weighted by Crippen LogP contribution is 2.47. The Morgan fingerprint density at radius 2 is 2.03 bits per heavy atom. The zero-order valence-corrected chi connectivity index (χ0v) is 20.5. The standard InChI is InChI=1S/C25H26BrN3O4/c1-13-21(24(32)29-20-8-6-15(26)12-27-20)22(14-5-7-17(30)19(9-14)33-4)23-16(28-13)10-25(2,3)11-18(23)31/h5-9,12,22,28,30H,10-11H2,1-4H3,(H,27,29,32)/t22-/m1/s1. The molecule has 0 spiro atoms. The van der Waals surface area contributed by atoms with Gasteiger partial charge in [0.05, 0.1) is 7.11 Å². The fourth-order valence-electron chi connectivity index (χ4n) is 4.58. The van der Waals surface area contributed by atoms with Crippen molar-refractivity contribution in [3.8, 4) is 11.5 Å². The number of benzene rings is 1. The number of methoxy groups -OCH3 is 1. The molecule has 2 aliphatic rings. The molecule has 0 saturated heterocycles. The van der Waals surface area contributed by atoms with Crippen molar-refractivity contribution in [2.24, 2.45) is 5.41 Å². The number of halogens is 1. The topological polar surface area (TPSA) is 101 Å². The van der Waals surface area contributed by atoms with Crippen LogP contribution in [0.25, 0.3) is 0 Å². The van der Waals surface area contributed by atoms with Crippen molar-refractivity contribution in [3.05, 3.63) is 69.1 Å². The molecular weight excluding hydrogens is 486 g/mol. The van der Waals surface area contributed by atoms with Gasteiger partial charge in [0, 0.05) is 45.5 Å². The molecule has 4 rings (SSSR count). The number of rotatable bonds is 4. The molecule has 1 aromatic carbocycles. The van der Waals surface area contributed by atoms with Gasteiger partial charge in [0.2, 0.25) is 0 Å². The molecular formula is C25H26BrN3O4. The van der Waals surface area contributed by atoms with Gasteiger partial charge >= 0.3 is 0 Å². The van der Waals surface area contributed by atoms with Crippen LogP contribution in [-0.2, 0) is 9.59 Å². The van der Waals surface area contributed by atoms with Gasteiger partial charge in [-0.15, -0.1) is 0 Å². The lowest BCUT2D eigenvalue weighted by Gasteiger charge is -2.39. The van der Waals surface area contributed by atoms with Gasteiger partial charge in [0.25, 0.3) is 5.91 Å². The van der Waals surface area contributed by atoms with Crippen LogP contribution in [0, 0.1) is 5.41 Å². The minimum absolute atomic E-state index is 0.00496. The van der Waals surface area contributed by atoms with E-state index in [4.69, 9.17) is 4.74 Å². The van der Waals surface area contributed by atoms with Gasteiger partial charge in [-0.25, -0.2) is 4.98 Å². The number of hydrogen-bond acceptors (Lipinski definition) is 6. The summed E-state index contributed by atoms with van der Waals surface area (Å²) in [7, 11) is 1.47. The van der Waals surface area contributed by atoms with Crippen LogP contribution in [0.15, 0.2) is 63.5 Å². The molecule has 1 aliphatic carbocycles. The maximum Gasteiger partial charge on any atom is 0.255 e. The van der Waals surface area contributed by atoms with E-state index in [0.29, 0.717) is 41.1 Å². The minimum Gasteiger partial charge on any atom is -0.504 e. The van der Waals surface area contributed by atoms with Gasteiger partial charge in [-0.2, -0.15) is 0 Å². The third-order valence-corrected chi connectivity index (χ3v) is 6.46. The van der Waals surface area contributed by atoms with E-state index in [0.717, 1.165) is 10.2 Å². The first kappa shape index (κ1) is 23.0. The number of dihydropyridines is 1. The van der Waals surface area contributed by atoms with Gasteiger partial charge in [0.15, 0.2) is 17.3 Å². The summed E-state index contributed by atoms with van der Waals surface area (Å²) in [6.07, 6.45) is 2.69. The van der Waals surface area contributed by atoms with Crippen LogP contribution in [-0.4, -0.2) is 28.9 Å². The van der Waals surface area contributed by atoms with Gasteiger partial charge in [0.1, 0.15) is 5.82 Å². The van der Waals surface area contributed by atoms with Gasteiger partial charge in [-0.3, -0.25) is 9.59 Å². The lowest BCUT2D eigenvalue weighted by molar-refractivity contribution is -0.118. The van der Waals surface area contributed by atoms with Gasteiger partial charge in [-0.05, 0) is 64.5 Å². The average Bonchev–Trinajstić information content (AvgIpc) is 2.73. The van der Waals surface area contributed by atoms with Crippen LogP contribution in [0.1, 0.15) is 45.1 Å². The van der Waals surface area contributed by atoms with Crippen molar-refractivity contribution in [1.82, 2.24) is 10.3 Å². The number of ketones is 1. The normalized spacial score (nSPS) is 19.7. The monoisotopic (exact) mass is 511 g/mol. The number of allylic oxidation sites excluding steroid dienone is 3. The van der Waals surface area contributed by atoms with Crippen LogP contribution in [0.5, 0.6) is 11.5 Å². The summed E-state index contributed by atoms with van der Waals surface area (Å²) in [5, 5.41) is 16.3. The minimum atomic E-state index is -0.602. The number of carbonyl (C=O) groups is 2. The van der Waals surface area contributed by atoms with Crippen molar-refractivity contribution in [3.63, 3.8) is 0 Å². The number of Topliss-reactive ketones (excluding diaryl/α,β-unsaturated/α-hetero) is 1. The van der Waals surface area contributed by atoms with E-state index in [9.17, 15) is 14.7 Å². The van der Waals surface area contributed by atoms with E-state index in [1.807, 2.05) is 6.92 Å². The van der Waals surface area contributed by atoms with E-state index in [1.54, 1.807) is 30.5 Å². The van der Waals surface area contributed by atoms with E-state index in [2.05, 4.69) is 45.4 Å². The summed E-state index contributed by atoms with van der Waals surface area (Å²) >= 11 is 3.34. The Kier molecular flexibility index (Phi) is 6.05. The number of aromatic nitrogens is 1. The Morgan fingerprint density at radius 1 is 1.27 bits per heavy atom. The number of carbonyl (C=O) groups excluding carboxylic acids is 2. The molecule has 0 radical (unpaired) electrons. The summed E-state index contributed by atoms with van der Waals surface area (Å²) in [6, 6.07) is 8.42. The van der Waals surface area contributed by atoms with Crippen LogP contribution in [0.3, 0.4) is 0 Å². The van der Waals surface area contributed by atoms with Crippen molar-refractivity contribution in [2.45, 2.75) is 39.5 Å². The summed E-state index contributed by atoms with van der Waals surface area (Å²) in [6.45, 7) is 5.97. The number of anilines is 1. The Balaban J connectivity index is 1.83. The number of hydrogen-bond donors (Lipinski definition) is 3. The fraction of sp³-hybridized carbons (Fsp3) is 0.320. The summed E-state index contributed by atoms with van der Waals surface area (Å²) in [5.41, 5.74) is 3.04. The highest BCUT2D eigenvalue weighted by Gasteiger charge is 2.42. The molecule has 1 aliphatic heterocycles. The highest BCUT2D eigenvalue weighted by molar-refractivity contribution is 9.10. The first-order valence-corrected chi connectivity index (χ1v) is 11.4. The Labute approximate surface area is 201 Å².